The Morgan fingerprint density at radius 3 is 2.50 bits per heavy atom. The van der Waals surface area contributed by atoms with Crippen LogP contribution < -0.4 is 0 Å². The van der Waals surface area contributed by atoms with E-state index in [2.05, 4.69) is 42.6 Å². The number of thiophene rings is 1. The van der Waals surface area contributed by atoms with Crippen LogP contribution in [0.1, 0.15) is 55.3 Å². The molecule has 1 unspecified atom stereocenters. The maximum Gasteiger partial charge on any atom is 0.243 e. The maximum absolute atomic E-state index is 13.5. The molecule has 0 radical (unpaired) electrons. The molecule has 1 aromatic carbocycles. The van der Waals surface area contributed by atoms with Gasteiger partial charge in [-0.25, -0.2) is 0 Å². The molecule has 1 aliphatic rings. The fraction of sp³-hybridized carbons (Fsp3) is 0.500. The van der Waals surface area contributed by atoms with Gasteiger partial charge in [0.05, 0.1) is 11.5 Å². The lowest BCUT2D eigenvalue weighted by molar-refractivity contribution is -0.148. The highest BCUT2D eigenvalue weighted by Gasteiger charge is 2.37. The Balaban J connectivity index is 1.91. The number of nitrogens with zero attached hydrogens (tertiary/aromatic N) is 2. The first-order chi connectivity index (χ1) is 14.2. The monoisotopic (exact) mass is 446 g/mol. The van der Waals surface area contributed by atoms with Gasteiger partial charge >= 0.3 is 0 Å². The van der Waals surface area contributed by atoms with Crippen molar-refractivity contribution in [2.75, 3.05) is 19.0 Å². The average Bonchev–Trinajstić information content (AvgIpc) is 3.20. The summed E-state index contributed by atoms with van der Waals surface area (Å²) >= 11 is 7.79. The minimum atomic E-state index is -0.703. The van der Waals surface area contributed by atoms with E-state index < -0.39 is 5.41 Å². The Morgan fingerprint density at radius 2 is 1.90 bits per heavy atom. The molecule has 0 bridgehead atoms. The third-order valence-corrected chi connectivity index (χ3v) is 7.45. The second-order valence-corrected chi connectivity index (χ2v) is 10.3. The van der Waals surface area contributed by atoms with Crippen LogP contribution in [0.4, 0.5) is 0 Å². The highest BCUT2D eigenvalue weighted by molar-refractivity contribution is 7.10. The normalized spacial score (nSPS) is 16.5. The molecule has 0 saturated heterocycles. The standard InChI is InChI=1S/C24H31ClN2O2S/c1-16(2)27(23(29)24(4,5)15-25)14-21(28)26-12-10-20-19(11-13-30-20)22(26)18-8-6-17(3)7-9-18/h6-9,11,13,16,22H,10,12,14-15H2,1-5H3. The van der Waals surface area contributed by atoms with Crippen LogP contribution in [0.25, 0.3) is 0 Å². The molecule has 2 heterocycles. The second kappa shape index (κ2) is 9.11. The SMILES string of the molecule is Cc1ccc(C2c3ccsc3CCN2C(=O)CN(C(=O)C(C)(C)CCl)C(C)C)cc1. The Morgan fingerprint density at radius 1 is 1.23 bits per heavy atom. The summed E-state index contributed by atoms with van der Waals surface area (Å²) in [6, 6.07) is 10.3. The van der Waals surface area contributed by atoms with Crippen molar-refractivity contribution in [1.29, 1.82) is 0 Å². The van der Waals surface area contributed by atoms with Crippen molar-refractivity contribution >= 4 is 34.8 Å². The molecule has 6 heteroatoms. The number of carbonyl (C=O) groups excluding carboxylic acids is 2. The van der Waals surface area contributed by atoms with Crippen molar-refractivity contribution in [1.82, 2.24) is 9.80 Å². The predicted molar refractivity (Wildman–Crippen MR) is 124 cm³/mol. The molecule has 3 rings (SSSR count). The van der Waals surface area contributed by atoms with Crippen molar-refractivity contribution in [3.8, 4) is 0 Å². The van der Waals surface area contributed by atoms with Crippen LogP contribution in [0.15, 0.2) is 35.7 Å². The number of carbonyl (C=O) groups is 2. The van der Waals surface area contributed by atoms with Gasteiger partial charge in [0.1, 0.15) is 6.54 Å². The Kier molecular flexibility index (Phi) is 6.93. The van der Waals surface area contributed by atoms with Crippen molar-refractivity contribution in [2.24, 2.45) is 5.41 Å². The van der Waals surface area contributed by atoms with E-state index in [9.17, 15) is 9.59 Å². The molecule has 0 saturated carbocycles. The van der Waals surface area contributed by atoms with Gasteiger partial charge in [0.25, 0.3) is 0 Å². The summed E-state index contributed by atoms with van der Waals surface area (Å²) in [4.78, 5) is 31.5. The predicted octanol–water partition coefficient (Wildman–Crippen LogP) is 5.03. The zero-order valence-corrected chi connectivity index (χ0v) is 20.0. The lowest BCUT2D eigenvalue weighted by atomic mass is 9.92. The van der Waals surface area contributed by atoms with Gasteiger partial charge in [0.15, 0.2) is 0 Å². The number of hydrogen-bond acceptors (Lipinski definition) is 3. The largest absolute Gasteiger partial charge is 0.330 e. The van der Waals surface area contributed by atoms with E-state index in [1.54, 1.807) is 16.2 Å². The van der Waals surface area contributed by atoms with Crippen LogP contribution in [0.5, 0.6) is 0 Å². The van der Waals surface area contributed by atoms with Crippen LogP contribution in [-0.2, 0) is 16.0 Å². The second-order valence-electron chi connectivity index (χ2n) is 8.99. The smallest absolute Gasteiger partial charge is 0.243 e. The molecule has 1 aliphatic heterocycles. The van der Waals surface area contributed by atoms with Gasteiger partial charge in [0.2, 0.25) is 11.8 Å². The lowest BCUT2D eigenvalue weighted by Crippen LogP contribution is -2.52. The zero-order valence-electron chi connectivity index (χ0n) is 18.4. The van der Waals surface area contributed by atoms with E-state index in [0.717, 1.165) is 12.0 Å². The fourth-order valence-electron chi connectivity index (χ4n) is 3.86. The molecule has 2 aromatic rings. The van der Waals surface area contributed by atoms with Crippen LogP contribution in [0.3, 0.4) is 0 Å². The summed E-state index contributed by atoms with van der Waals surface area (Å²) in [6.07, 6.45) is 0.851. The molecule has 1 aromatic heterocycles. The van der Waals surface area contributed by atoms with Crippen molar-refractivity contribution in [3.05, 3.63) is 57.3 Å². The number of aryl methyl sites for hydroxylation is 1. The summed E-state index contributed by atoms with van der Waals surface area (Å²) < 4.78 is 0. The number of fused-ring (bicyclic) bond motifs is 1. The van der Waals surface area contributed by atoms with Crippen LogP contribution in [0, 0.1) is 12.3 Å². The molecule has 2 amide bonds. The first-order valence-electron chi connectivity index (χ1n) is 10.4. The quantitative estimate of drug-likeness (QED) is 0.583. The number of amides is 2. The van der Waals surface area contributed by atoms with E-state index in [-0.39, 0.29) is 36.3 Å². The third-order valence-electron chi connectivity index (χ3n) is 5.78. The summed E-state index contributed by atoms with van der Waals surface area (Å²) in [5, 5.41) is 2.10. The topological polar surface area (TPSA) is 40.6 Å². The maximum atomic E-state index is 13.5. The Hall–Kier alpha value is -1.85. The van der Waals surface area contributed by atoms with Crippen LogP contribution in [0.2, 0.25) is 0 Å². The van der Waals surface area contributed by atoms with Crippen molar-refractivity contribution in [3.63, 3.8) is 0 Å². The van der Waals surface area contributed by atoms with E-state index in [0.29, 0.717) is 6.54 Å². The highest BCUT2D eigenvalue weighted by atomic mass is 35.5. The molecule has 0 spiro atoms. The summed E-state index contributed by atoms with van der Waals surface area (Å²) in [5.41, 5.74) is 2.80. The molecule has 162 valence electrons. The summed E-state index contributed by atoms with van der Waals surface area (Å²) in [7, 11) is 0. The molecular formula is C24H31ClN2O2S. The van der Waals surface area contributed by atoms with Gasteiger partial charge in [-0.05, 0) is 63.6 Å². The van der Waals surface area contributed by atoms with E-state index >= 15 is 0 Å². The number of halogens is 1. The van der Waals surface area contributed by atoms with E-state index in [1.165, 1.54) is 16.0 Å². The van der Waals surface area contributed by atoms with E-state index in [1.807, 2.05) is 32.6 Å². The van der Waals surface area contributed by atoms with E-state index in [4.69, 9.17) is 11.6 Å². The number of benzene rings is 1. The first-order valence-corrected chi connectivity index (χ1v) is 11.9. The average molecular weight is 447 g/mol. The summed E-state index contributed by atoms with van der Waals surface area (Å²) in [5.74, 6) is 0.114. The molecule has 4 nitrogen and oxygen atoms in total. The Bertz CT molecular complexity index is 904. The molecular weight excluding hydrogens is 416 g/mol. The summed E-state index contributed by atoms with van der Waals surface area (Å²) in [6.45, 7) is 10.3. The van der Waals surface area contributed by atoms with Gasteiger partial charge in [0, 0.05) is 23.3 Å². The minimum Gasteiger partial charge on any atom is -0.330 e. The lowest BCUT2D eigenvalue weighted by Gasteiger charge is -2.39. The molecule has 0 N–H and O–H groups in total. The first kappa shape index (κ1) is 22.8. The van der Waals surface area contributed by atoms with Gasteiger partial charge in [-0.2, -0.15) is 0 Å². The van der Waals surface area contributed by atoms with Crippen molar-refractivity contribution < 1.29 is 9.59 Å². The molecule has 0 fully saturated rings. The molecule has 1 atom stereocenters. The van der Waals surface area contributed by atoms with Crippen molar-refractivity contribution in [2.45, 2.75) is 53.1 Å². The van der Waals surface area contributed by atoms with Gasteiger partial charge < -0.3 is 9.80 Å². The number of hydrogen-bond donors (Lipinski definition) is 0. The minimum absolute atomic E-state index is 0.0233. The third kappa shape index (κ3) is 4.57. The van der Waals surface area contributed by atoms with Gasteiger partial charge in [-0.15, -0.1) is 22.9 Å². The van der Waals surface area contributed by atoms with Gasteiger partial charge in [-0.1, -0.05) is 29.8 Å². The molecule has 30 heavy (non-hydrogen) atoms. The highest BCUT2D eigenvalue weighted by Crippen LogP contribution is 2.38. The number of alkyl halides is 1. The fourth-order valence-corrected chi connectivity index (χ4v) is 4.88. The van der Waals surface area contributed by atoms with Crippen LogP contribution in [-0.4, -0.2) is 46.6 Å². The number of rotatable bonds is 6. The Labute approximate surface area is 188 Å². The van der Waals surface area contributed by atoms with Crippen LogP contribution >= 0.6 is 22.9 Å². The zero-order chi connectivity index (χ0) is 22.1. The molecule has 0 aliphatic carbocycles. The van der Waals surface area contributed by atoms with Gasteiger partial charge in [-0.3, -0.25) is 9.59 Å².